The van der Waals surface area contributed by atoms with Gasteiger partial charge in [0.15, 0.2) is 0 Å². The number of esters is 2. The summed E-state index contributed by atoms with van der Waals surface area (Å²) in [4.78, 5) is 23.2. The van der Waals surface area contributed by atoms with Crippen LogP contribution in [0.2, 0.25) is 0 Å². The van der Waals surface area contributed by atoms with Crippen LogP contribution in [-0.4, -0.2) is 68.0 Å². The van der Waals surface area contributed by atoms with Crippen LogP contribution in [0.15, 0.2) is 119 Å². The summed E-state index contributed by atoms with van der Waals surface area (Å²) in [5.74, 6) is 1.23. The number of hydrogen-bond donors (Lipinski definition) is 4. The molecule has 364 valence electrons. The molecular formula is C58H84O8. The first-order valence-corrected chi connectivity index (χ1v) is 24.9. The number of carbonyl (C=O) groups excluding carboxylic acids is 2. The third-order valence-corrected chi connectivity index (χ3v) is 15.4. The Morgan fingerprint density at radius 3 is 1.62 bits per heavy atom. The lowest BCUT2D eigenvalue weighted by Gasteiger charge is -2.42. The van der Waals surface area contributed by atoms with Crippen molar-refractivity contribution in [2.24, 2.45) is 34.5 Å². The Labute approximate surface area is 397 Å². The van der Waals surface area contributed by atoms with Gasteiger partial charge in [0, 0.05) is 33.1 Å². The van der Waals surface area contributed by atoms with Crippen LogP contribution in [0.4, 0.5) is 0 Å². The Hall–Kier alpha value is -3.82. The standard InChI is InChI=1S/C31H44O5.C27H40O3/c1-20(10-8-16-30(5,6)34)27-14-15-28-24(11-9-17-31(27,28)7)12-13-25-18-26(35-22(3)32)19-29(21(25)2)36-23(4)33;1-18(8-6-14-26(3,4)30)23-12-13-24-20(9-7-15-27(23,24)5)10-11-21-16-22(28)17-25(29)19(21)2/h8,12-14,16,20,26,28-29,34H,2,9-11,15,17-19H2,1,3-7H3;6,10-12,14,18,22,24-25,28-30H,2,7-9,13,15-17H2,1,3-5H3/b16-8+,24-12+,25-13-;14-6+,20-10+,21-11-/t20?,26?,28?,29-,31+;18?,22?,24?,25-,27+/m00/s1. The maximum absolute atomic E-state index is 11.6. The van der Waals surface area contributed by atoms with Gasteiger partial charge in [-0.3, -0.25) is 9.59 Å². The number of aliphatic hydroxyl groups excluding tert-OH is 2. The third-order valence-electron chi connectivity index (χ3n) is 15.4. The fourth-order valence-electron chi connectivity index (χ4n) is 12.1. The lowest BCUT2D eigenvalue weighted by atomic mass is 9.62. The van der Waals surface area contributed by atoms with Crippen LogP contribution in [0, 0.1) is 34.5 Å². The van der Waals surface area contributed by atoms with E-state index in [4.69, 9.17) is 9.47 Å². The van der Waals surface area contributed by atoms with Crippen molar-refractivity contribution in [2.75, 3.05) is 0 Å². The Bertz CT molecular complexity index is 2060. The van der Waals surface area contributed by atoms with Crippen LogP contribution in [0.1, 0.15) is 159 Å². The second kappa shape index (κ2) is 22.1. The van der Waals surface area contributed by atoms with Crippen LogP contribution >= 0.6 is 0 Å². The molecule has 66 heavy (non-hydrogen) atoms. The first-order valence-electron chi connectivity index (χ1n) is 24.9. The third kappa shape index (κ3) is 13.7. The normalized spacial score (nSPS) is 34.0. The van der Waals surface area contributed by atoms with Gasteiger partial charge in [0.2, 0.25) is 0 Å². The van der Waals surface area contributed by atoms with Gasteiger partial charge in [-0.25, -0.2) is 0 Å². The molecule has 6 rings (SSSR count). The molecule has 0 aromatic carbocycles. The summed E-state index contributed by atoms with van der Waals surface area (Å²) >= 11 is 0. The number of hydrogen-bond acceptors (Lipinski definition) is 8. The Morgan fingerprint density at radius 2 is 1.18 bits per heavy atom. The van der Waals surface area contributed by atoms with Crippen molar-refractivity contribution >= 4 is 11.9 Å². The molecule has 0 aromatic rings. The van der Waals surface area contributed by atoms with E-state index in [9.17, 15) is 30.0 Å². The predicted molar refractivity (Wildman–Crippen MR) is 267 cm³/mol. The molecule has 0 aromatic heterocycles. The average molecular weight is 909 g/mol. The highest BCUT2D eigenvalue weighted by molar-refractivity contribution is 5.67. The highest BCUT2D eigenvalue weighted by Crippen LogP contribution is 2.58. The molecule has 6 aliphatic rings. The van der Waals surface area contributed by atoms with Crippen molar-refractivity contribution in [1.29, 1.82) is 0 Å². The summed E-state index contributed by atoms with van der Waals surface area (Å²) < 4.78 is 11.0. The van der Waals surface area contributed by atoms with E-state index in [1.54, 1.807) is 19.4 Å². The SMILES string of the molecule is C=C1/C(=C\C=C2/CCC[C@]3(C)C(C(C)C/C=C/C(C)(C)O)=CCC23)CC(O)C[C@@H]1O.C=C1/C(=C\C=C2/CCC[C@]3(C)C(C(C)C/C=C/C(C)(C)O)=CCC23)CC(OC(C)=O)C[C@@H]1OC(C)=O. The Morgan fingerprint density at radius 1 is 0.727 bits per heavy atom. The van der Waals surface area contributed by atoms with Crippen molar-refractivity contribution in [3.63, 3.8) is 0 Å². The number of rotatable bonds is 12. The molecule has 4 fully saturated rings. The lowest BCUT2D eigenvalue weighted by Crippen LogP contribution is -2.33. The fraction of sp³-hybridized carbons (Fsp3) is 0.621. The van der Waals surface area contributed by atoms with Crippen molar-refractivity contribution in [1.82, 2.24) is 0 Å². The second-order valence-corrected chi connectivity index (χ2v) is 22.1. The van der Waals surface area contributed by atoms with Gasteiger partial charge in [-0.05, 0) is 155 Å². The Kier molecular flexibility index (Phi) is 17.8. The second-order valence-electron chi connectivity index (χ2n) is 22.1. The zero-order valence-corrected chi connectivity index (χ0v) is 42.1. The van der Waals surface area contributed by atoms with Crippen LogP contribution < -0.4 is 0 Å². The minimum atomic E-state index is -0.781. The topological polar surface area (TPSA) is 134 Å². The molecule has 6 unspecified atom stereocenters. The first-order chi connectivity index (χ1) is 30.8. The van der Waals surface area contributed by atoms with Crippen molar-refractivity contribution in [3.8, 4) is 0 Å². The molecule has 6 aliphatic carbocycles. The molecular weight excluding hydrogens is 825 g/mol. The lowest BCUT2D eigenvalue weighted by molar-refractivity contribution is -0.152. The summed E-state index contributed by atoms with van der Waals surface area (Å²) in [6.45, 7) is 27.7. The maximum Gasteiger partial charge on any atom is 0.303 e. The molecule has 8 heteroatoms. The fourth-order valence-corrected chi connectivity index (χ4v) is 12.1. The highest BCUT2D eigenvalue weighted by atomic mass is 16.6. The average Bonchev–Trinajstić information content (AvgIpc) is 3.75. The van der Waals surface area contributed by atoms with Crippen molar-refractivity contribution in [2.45, 2.75) is 195 Å². The van der Waals surface area contributed by atoms with E-state index in [2.05, 4.69) is 89.5 Å². The smallest absolute Gasteiger partial charge is 0.303 e. The van der Waals surface area contributed by atoms with E-state index >= 15 is 0 Å². The van der Waals surface area contributed by atoms with Crippen LogP contribution in [0.25, 0.3) is 0 Å². The van der Waals surface area contributed by atoms with E-state index in [0.717, 1.165) is 67.2 Å². The van der Waals surface area contributed by atoms with Crippen molar-refractivity contribution < 1.29 is 39.5 Å². The molecule has 0 radical (unpaired) electrons. The number of ether oxygens (including phenoxy) is 2. The predicted octanol–water partition coefficient (Wildman–Crippen LogP) is 11.9. The van der Waals surface area contributed by atoms with Gasteiger partial charge < -0.3 is 29.9 Å². The monoisotopic (exact) mass is 909 g/mol. The molecule has 8 nitrogen and oxygen atoms in total. The number of aliphatic hydroxyl groups is 4. The Balaban J connectivity index is 0.000000251. The van der Waals surface area contributed by atoms with Gasteiger partial charge in [0.05, 0.1) is 23.4 Å². The first kappa shape index (κ1) is 53.1. The number of carbonyl (C=O) groups is 2. The zero-order chi connectivity index (χ0) is 48.8. The highest BCUT2D eigenvalue weighted by Gasteiger charge is 2.47. The summed E-state index contributed by atoms with van der Waals surface area (Å²) in [5, 5.41) is 40.1. The molecule has 0 amide bonds. The van der Waals surface area contributed by atoms with Gasteiger partial charge >= 0.3 is 11.9 Å². The van der Waals surface area contributed by atoms with E-state index in [0.29, 0.717) is 49.4 Å². The zero-order valence-electron chi connectivity index (χ0n) is 42.1. The molecule has 0 saturated heterocycles. The molecule has 0 aliphatic heterocycles. The molecule has 4 N–H and O–H groups in total. The number of allylic oxidation sites excluding steroid dienone is 12. The van der Waals surface area contributed by atoms with Gasteiger partial charge in [-0.15, -0.1) is 0 Å². The van der Waals surface area contributed by atoms with E-state index in [1.807, 2.05) is 26.0 Å². The summed E-state index contributed by atoms with van der Waals surface area (Å²) in [6.07, 6.45) is 32.7. The van der Waals surface area contributed by atoms with Crippen molar-refractivity contribution in [3.05, 3.63) is 119 Å². The van der Waals surface area contributed by atoms with E-state index in [-0.39, 0.29) is 28.9 Å². The molecule has 0 heterocycles. The number of fused-ring (bicyclic) bond motifs is 2. The van der Waals surface area contributed by atoms with E-state index in [1.165, 1.54) is 49.8 Å². The molecule has 0 bridgehead atoms. The van der Waals surface area contributed by atoms with E-state index < -0.39 is 29.5 Å². The minimum absolute atomic E-state index is 0.148. The molecule has 4 saturated carbocycles. The quantitative estimate of drug-likeness (QED) is 0.112. The van der Waals surface area contributed by atoms with Crippen LogP contribution in [0.3, 0.4) is 0 Å². The summed E-state index contributed by atoms with van der Waals surface area (Å²) in [6, 6.07) is 0. The molecule has 0 spiro atoms. The van der Waals surface area contributed by atoms with Crippen LogP contribution in [-0.2, 0) is 19.1 Å². The molecule has 10 atom stereocenters. The summed E-state index contributed by atoms with van der Waals surface area (Å²) in [7, 11) is 0. The minimum Gasteiger partial charge on any atom is -0.462 e. The van der Waals surface area contributed by atoms with Gasteiger partial charge in [0.25, 0.3) is 0 Å². The summed E-state index contributed by atoms with van der Waals surface area (Å²) in [5.41, 5.74) is 8.38. The van der Waals surface area contributed by atoms with Gasteiger partial charge in [0.1, 0.15) is 12.2 Å². The van der Waals surface area contributed by atoms with Crippen LogP contribution in [0.5, 0.6) is 0 Å². The largest absolute Gasteiger partial charge is 0.462 e. The maximum atomic E-state index is 11.6. The van der Waals surface area contributed by atoms with Gasteiger partial charge in [-0.1, -0.05) is 124 Å². The van der Waals surface area contributed by atoms with Gasteiger partial charge in [-0.2, -0.15) is 0 Å².